The first kappa shape index (κ1) is 16.2. The topological polar surface area (TPSA) is 14.2 Å². The molecule has 0 amide bonds. The number of fused-ring (bicyclic) bond motifs is 1. The molecular weight excluding hydrogens is 330 g/mol. The average molecular weight is 353 g/mol. The van der Waals surface area contributed by atoms with Gasteiger partial charge >= 0.3 is 0 Å². The lowest BCUT2D eigenvalue weighted by atomic mass is 10.0. The van der Waals surface area contributed by atoms with E-state index in [1.807, 2.05) is 0 Å². The smallest absolute Gasteiger partial charge is 0.128 e. The molecule has 4 aromatic rings. The monoisotopic (exact) mass is 353 g/mol. The number of benzene rings is 3. The molecule has 0 N–H and O–H groups in total. The van der Waals surface area contributed by atoms with E-state index in [0.717, 1.165) is 12.3 Å². The van der Waals surface area contributed by atoms with Gasteiger partial charge in [0, 0.05) is 17.6 Å². The molecule has 2 nitrogen and oxygen atoms in total. The second kappa shape index (κ2) is 6.62. The first-order chi connectivity index (χ1) is 13.3. The zero-order valence-electron chi connectivity index (χ0n) is 15.6. The third-order valence-corrected chi connectivity index (χ3v) is 5.53. The third kappa shape index (κ3) is 3.02. The summed E-state index contributed by atoms with van der Waals surface area (Å²) in [5, 5.41) is 1.22. The van der Waals surface area contributed by atoms with Crippen molar-refractivity contribution in [1.29, 1.82) is 0 Å². The van der Waals surface area contributed by atoms with Crippen molar-refractivity contribution in [2.24, 2.45) is 0 Å². The zero-order valence-corrected chi connectivity index (χ0v) is 15.6. The van der Waals surface area contributed by atoms with Crippen molar-refractivity contribution in [2.75, 3.05) is 7.11 Å². The molecule has 0 aliphatic heterocycles. The summed E-state index contributed by atoms with van der Waals surface area (Å²) in [5.41, 5.74) is 6.58. The van der Waals surface area contributed by atoms with Crippen LogP contribution in [0.2, 0.25) is 0 Å². The summed E-state index contributed by atoms with van der Waals surface area (Å²) >= 11 is 0. The maximum absolute atomic E-state index is 5.61. The van der Waals surface area contributed by atoms with Crippen LogP contribution in [0.4, 0.5) is 0 Å². The molecule has 1 heterocycles. The number of aromatic nitrogens is 1. The summed E-state index contributed by atoms with van der Waals surface area (Å²) in [4.78, 5) is 0. The molecule has 5 rings (SSSR count). The Morgan fingerprint density at radius 1 is 0.852 bits per heavy atom. The predicted octanol–water partition coefficient (Wildman–Crippen LogP) is 6.24. The highest BCUT2D eigenvalue weighted by Crippen LogP contribution is 2.44. The van der Waals surface area contributed by atoms with E-state index in [0.29, 0.717) is 5.92 Å². The van der Waals surface area contributed by atoms with Crippen LogP contribution in [0.25, 0.3) is 22.0 Å². The molecular formula is C25H23NO. The summed E-state index contributed by atoms with van der Waals surface area (Å²) in [6, 6.07) is 28.2. The van der Waals surface area contributed by atoms with E-state index in [2.05, 4.69) is 83.4 Å². The van der Waals surface area contributed by atoms with Crippen molar-refractivity contribution in [2.45, 2.75) is 25.3 Å². The van der Waals surface area contributed by atoms with E-state index in [4.69, 9.17) is 4.74 Å². The molecule has 2 heteroatoms. The summed E-state index contributed by atoms with van der Waals surface area (Å²) in [7, 11) is 1.76. The Bertz CT molecular complexity index is 1090. The van der Waals surface area contributed by atoms with Gasteiger partial charge < -0.3 is 9.30 Å². The molecule has 1 fully saturated rings. The summed E-state index contributed by atoms with van der Waals surface area (Å²) in [6.07, 6.45) is 2.59. The zero-order chi connectivity index (χ0) is 18.2. The molecule has 134 valence electrons. The largest absolute Gasteiger partial charge is 0.496 e. The van der Waals surface area contributed by atoms with E-state index in [9.17, 15) is 0 Å². The minimum atomic E-state index is 0.694. The number of ether oxygens (including phenoxy) is 1. The predicted molar refractivity (Wildman–Crippen MR) is 111 cm³/mol. The average Bonchev–Trinajstić information content (AvgIpc) is 3.51. The highest BCUT2D eigenvalue weighted by atomic mass is 16.5. The second-order valence-corrected chi connectivity index (χ2v) is 7.39. The highest BCUT2D eigenvalue weighted by Gasteiger charge is 2.28. The van der Waals surface area contributed by atoms with Gasteiger partial charge in [0.05, 0.1) is 12.6 Å². The molecule has 3 aromatic carbocycles. The Morgan fingerprint density at radius 2 is 1.63 bits per heavy atom. The third-order valence-electron chi connectivity index (χ3n) is 5.53. The molecule has 0 radical (unpaired) electrons. The molecule has 0 spiro atoms. The molecule has 0 atom stereocenters. The van der Waals surface area contributed by atoms with Gasteiger partial charge in [-0.2, -0.15) is 0 Å². The first-order valence-electron chi connectivity index (χ1n) is 9.64. The number of hydrogen-bond donors (Lipinski definition) is 0. The Morgan fingerprint density at radius 3 is 2.41 bits per heavy atom. The fraction of sp³-hybridized carbons (Fsp3) is 0.200. The fourth-order valence-corrected chi connectivity index (χ4v) is 4.01. The summed E-state index contributed by atoms with van der Waals surface area (Å²) in [6.45, 7) is 0.892. The van der Waals surface area contributed by atoms with E-state index in [-0.39, 0.29) is 0 Å². The number of methoxy groups -OCH3 is 1. The van der Waals surface area contributed by atoms with Crippen molar-refractivity contribution >= 4 is 10.9 Å². The van der Waals surface area contributed by atoms with Crippen LogP contribution in [-0.2, 0) is 6.54 Å². The Hall–Kier alpha value is -3.00. The van der Waals surface area contributed by atoms with Crippen LogP contribution in [0.3, 0.4) is 0 Å². The molecule has 0 saturated heterocycles. The summed E-state index contributed by atoms with van der Waals surface area (Å²) in [5.74, 6) is 1.66. The first-order valence-corrected chi connectivity index (χ1v) is 9.64. The minimum Gasteiger partial charge on any atom is -0.496 e. The number of nitrogens with zero attached hydrogens (tertiary/aromatic N) is 1. The molecule has 1 aromatic heterocycles. The molecule has 1 saturated carbocycles. The van der Waals surface area contributed by atoms with Gasteiger partial charge in [0.2, 0.25) is 0 Å². The quantitative estimate of drug-likeness (QED) is 0.414. The molecule has 1 aliphatic carbocycles. The van der Waals surface area contributed by atoms with Gasteiger partial charge in [-0.3, -0.25) is 0 Å². The van der Waals surface area contributed by atoms with Crippen LogP contribution in [0.1, 0.15) is 30.0 Å². The normalized spacial score (nSPS) is 13.8. The van der Waals surface area contributed by atoms with Crippen LogP contribution in [0.5, 0.6) is 5.75 Å². The Kier molecular flexibility index (Phi) is 3.97. The standard InChI is InChI=1S/C25H23NO/c1-27-25-12-6-11-23-22(25)16-24(20-13-14-20)26(23)17-18-7-5-10-21(15-18)19-8-3-2-4-9-19/h2-12,15-16,20H,13-14,17H2,1H3. The molecule has 1 aliphatic rings. The van der Waals surface area contributed by atoms with Crippen LogP contribution in [0, 0.1) is 0 Å². The van der Waals surface area contributed by atoms with E-state index >= 15 is 0 Å². The van der Waals surface area contributed by atoms with Gasteiger partial charge in [-0.15, -0.1) is 0 Å². The molecule has 27 heavy (non-hydrogen) atoms. The van der Waals surface area contributed by atoms with Gasteiger partial charge in [0.1, 0.15) is 5.75 Å². The highest BCUT2D eigenvalue weighted by molar-refractivity contribution is 5.88. The lowest BCUT2D eigenvalue weighted by molar-refractivity contribution is 0.420. The van der Waals surface area contributed by atoms with Crippen molar-refractivity contribution in [3.8, 4) is 16.9 Å². The number of hydrogen-bond acceptors (Lipinski definition) is 1. The maximum atomic E-state index is 5.61. The Balaban J connectivity index is 1.58. The van der Waals surface area contributed by atoms with Gasteiger partial charge in [0.15, 0.2) is 0 Å². The maximum Gasteiger partial charge on any atom is 0.128 e. The fourth-order valence-electron chi connectivity index (χ4n) is 4.01. The van der Waals surface area contributed by atoms with Gasteiger partial charge in [-0.05, 0) is 59.7 Å². The van der Waals surface area contributed by atoms with Crippen LogP contribution in [-0.4, -0.2) is 11.7 Å². The second-order valence-electron chi connectivity index (χ2n) is 7.39. The lowest BCUT2D eigenvalue weighted by Gasteiger charge is -2.12. The minimum absolute atomic E-state index is 0.694. The Labute approximate surface area is 160 Å². The molecule has 0 unspecified atom stereocenters. The van der Waals surface area contributed by atoms with Gasteiger partial charge in [-0.25, -0.2) is 0 Å². The van der Waals surface area contributed by atoms with Crippen LogP contribution >= 0.6 is 0 Å². The van der Waals surface area contributed by atoms with Crippen LogP contribution < -0.4 is 4.74 Å². The van der Waals surface area contributed by atoms with E-state index in [1.165, 1.54) is 46.1 Å². The molecule has 0 bridgehead atoms. The van der Waals surface area contributed by atoms with Crippen molar-refractivity contribution in [3.05, 3.63) is 90.1 Å². The van der Waals surface area contributed by atoms with Gasteiger partial charge in [-0.1, -0.05) is 54.6 Å². The van der Waals surface area contributed by atoms with Crippen molar-refractivity contribution < 1.29 is 4.74 Å². The van der Waals surface area contributed by atoms with Crippen molar-refractivity contribution in [3.63, 3.8) is 0 Å². The van der Waals surface area contributed by atoms with E-state index in [1.54, 1.807) is 7.11 Å². The summed E-state index contributed by atoms with van der Waals surface area (Å²) < 4.78 is 8.10. The van der Waals surface area contributed by atoms with Gasteiger partial charge in [0.25, 0.3) is 0 Å². The van der Waals surface area contributed by atoms with Crippen molar-refractivity contribution in [1.82, 2.24) is 4.57 Å². The van der Waals surface area contributed by atoms with Crippen LogP contribution in [0.15, 0.2) is 78.9 Å². The SMILES string of the molecule is COc1cccc2c1cc(C1CC1)n2Cc1cccc(-c2ccccc2)c1. The lowest BCUT2D eigenvalue weighted by Crippen LogP contribution is -2.03. The van der Waals surface area contributed by atoms with E-state index < -0.39 is 0 Å². The number of rotatable bonds is 5.